The molecule has 0 aliphatic carbocycles. The second-order valence-electron chi connectivity index (χ2n) is 4.91. The van der Waals surface area contributed by atoms with Gasteiger partial charge >= 0.3 is 0 Å². The first-order valence-corrected chi connectivity index (χ1v) is 6.37. The topological polar surface area (TPSA) is 137 Å². The van der Waals surface area contributed by atoms with E-state index in [-0.39, 0.29) is 11.3 Å². The fourth-order valence-electron chi connectivity index (χ4n) is 2.40. The zero-order chi connectivity index (χ0) is 16.0. The molecule has 9 nitrogen and oxygen atoms in total. The molecule has 1 unspecified atom stereocenters. The summed E-state index contributed by atoms with van der Waals surface area (Å²) in [6, 6.07) is 0.667. The maximum absolute atomic E-state index is 13.8. The molecule has 10 heteroatoms. The molecule has 1 aliphatic heterocycles. The van der Waals surface area contributed by atoms with Crippen molar-refractivity contribution < 1.29 is 24.4 Å². The van der Waals surface area contributed by atoms with Crippen molar-refractivity contribution in [1.82, 2.24) is 14.4 Å². The van der Waals surface area contributed by atoms with Crippen molar-refractivity contribution in [3.05, 3.63) is 44.5 Å². The second-order valence-corrected chi connectivity index (χ2v) is 4.91. The van der Waals surface area contributed by atoms with E-state index in [1.54, 1.807) is 0 Å². The Kier molecular flexibility index (Phi) is 3.53. The molecule has 3 heterocycles. The lowest BCUT2D eigenvalue weighted by Gasteiger charge is -2.14. The number of H-pyrrole nitrogens is 1. The SMILES string of the molecule is O=c1cc(F)n2cc([C@@H]3O[C@H](CO)C(O)[C@@H]3O)c(=O)nc2[nH]1. The summed E-state index contributed by atoms with van der Waals surface area (Å²) in [5, 5.41) is 28.6. The first-order chi connectivity index (χ1) is 10.4. The van der Waals surface area contributed by atoms with Crippen LogP contribution in [0.3, 0.4) is 0 Å². The highest BCUT2D eigenvalue weighted by Gasteiger charge is 2.44. The third-order valence-corrected chi connectivity index (χ3v) is 3.51. The van der Waals surface area contributed by atoms with Crippen LogP contribution in [0.5, 0.6) is 0 Å². The Hall–Kier alpha value is -2.14. The van der Waals surface area contributed by atoms with Crippen molar-refractivity contribution in [2.24, 2.45) is 0 Å². The Bertz CT molecular complexity index is 834. The number of ether oxygens (including phenoxy) is 1. The van der Waals surface area contributed by atoms with Crippen LogP contribution in [0.2, 0.25) is 0 Å². The highest BCUT2D eigenvalue weighted by Crippen LogP contribution is 2.31. The number of nitrogens with zero attached hydrogens (tertiary/aromatic N) is 2. The number of aliphatic hydroxyl groups excluding tert-OH is 3. The number of aromatic amines is 1. The van der Waals surface area contributed by atoms with E-state index in [1.165, 1.54) is 0 Å². The average Bonchev–Trinajstić information content (AvgIpc) is 2.74. The normalized spacial score (nSPS) is 28.4. The van der Waals surface area contributed by atoms with Gasteiger partial charge in [0.15, 0.2) is 0 Å². The molecule has 0 amide bonds. The number of rotatable bonds is 2. The fourth-order valence-corrected chi connectivity index (χ4v) is 2.40. The number of hydrogen-bond donors (Lipinski definition) is 4. The van der Waals surface area contributed by atoms with Crippen molar-refractivity contribution in [3.8, 4) is 0 Å². The van der Waals surface area contributed by atoms with Crippen molar-refractivity contribution in [1.29, 1.82) is 0 Å². The summed E-state index contributed by atoms with van der Waals surface area (Å²) in [6.45, 7) is -0.557. The van der Waals surface area contributed by atoms with Gasteiger partial charge in [0.1, 0.15) is 24.4 Å². The van der Waals surface area contributed by atoms with E-state index in [0.717, 1.165) is 10.6 Å². The predicted octanol–water partition coefficient (Wildman–Crippen LogP) is -2.32. The van der Waals surface area contributed by atoms with E-state index in [0.29, 0.717) is 6.07 Å². The van der Waals surface area contributed by atoms with E-state index >= 15 is 0 Å². The van der Waals surface area contributed by atoms with Gasteiger partial charge in [-0.25, -0.2) is 0 Å². The summed E-state index contributed by atoms with van der Waals surface area (Å²) in [6.07, 6.45) is -4.18. The summed E-state index contributed by atoms with van der Waals surface area (Å²) in [5.74, 6) is -1.26. The number of nitrogens with one attached hydrogen (secondary N) is 1. The molecule has 0 spiro atoms. The minimum Gasteiger partial charge on any atom is -0.394 e. The first-order valence-electron chi connectivity index (χ1n) is 6.37. The first kappa shape index (κ1) is 14.8. The van der Waals surface area contributed by atoms with E-state index in [4.69, 9.17) is 9.84 Å². The summed E-state index contributed by atoms with van der Waals surface area (Å²) in [7, 11) is 0. The Morgan fingerprint density at radius 2 is 2.09 bits per heavy atom. The van der Waals surface area contributed by atoms with Gasteiger partial charge in [0, 0.05) is 6.20 Å². The van der Waals surface area contributed by atoms with Gasteiger partial charge in [-0.1, -0.05) is 0 Å². The molecular formula is C12H12FN3O6. The maximum atomic E-state index is 13.8. The van der Waals surface area contributed by atoms with Gasteiger partial charge in [0.2, 0.25) is 11.7 Å². The largest absolute Gasteiger partial charge is 0.394 e. The number of fused-ring (bicyclic) bond motifs is 1. The summed E-state index contributed by atoms with van der Waals surface area (Å²) < 4.78 is 19.8. The molecule has 1 aliphatic rings. The van der Waals surface area contributed by atoms with E-state index in [2.05, 4.69) is 9.97 Å². The minimum atomic E-state index is -1.48. The third-order valence-electron chi connectivity index (χ3n) is 3.51. The molecule has 0 aromatic carbocycles. The van der Waals surface area contributed by atoms with Crippen LogP contribution < -0.4 is 11.1 Å². The predicted molar refractivity (Wildman–Crippen MR) is 68.8 cm³/mol. The number of aliphatic hydroxyl groups is 3. The lowest BCUT2D eigenvalue weighted by atomic mass is 10.0. The molecular weight excluding hydrogens is 301 g/mol. The zero-order valence-electron chi connectivity index (χ0n) is 11.0. The quantitative estimate of drug-likeness (QED) is 0.457. The maximum Gasteiger partial charge on any atom is 0.280 e. The van der Waals surface area contributed by atoms with Crippen LogP contribution in [-0.2, 0) is 4.74 Å². The Labute approximate surface area is 121 Å². The van der Waals surface area contributed by atoms with Crippen molar-refractivity contribution in [2.45, 2.75) is 24.4 Å². The molecule has 4 N–H and O–H groups in total. The van der Waals surface area contributed by atoms with Gasteiger partial charge in [-0.3, -0.25) is 19.0 Å². The average molecular weight is 313 g/mol. The third kappa shape index (κ3) is 2.22. The molecule has 0 bridgehead atoms. The molecule has 2 aromatic rings. The Balaban J connectivity index is 2.14. The van der Waals surface area contributed by atoms with Gasteiger partial charge in [-0.2, -0.15) is 9.37 Å². The van der Waals surface area contributed by atoms with Crippen LogP contribution >= 0.6 is 0 Å². The highest BCUT2D eigenvalue weighted by molar-refractivity contribution is 5.30. The molecule has 2 aromatic heterocycles. The van der Waals surface area contributed by atoms with Gasteiger partial charge in [0.25, 0.3) is 11.1 Å². The summed E-state index contributed by atoms with van der Waals surface area (Å²) >= 11 is 0. The van der Waals surface area contributed by atoms with Gasteiger partial charge < -0.3 is 20.1 Å². The summed E-state index contributed by atoms with van der Waals surface area (Å²) in [4.78, 5) is 28.9. The number of hydrogen-bond acceptors (Lipinski definition) is 7. The molecule has 22 heavy (non-hydrogen) atoms. The minimum absolute atomic E-state index is 0.203. The van der Waals surface area contributed by atoms with Crippen molar-refractivity contribution in [3.63, 3.8) is 0 Å². The highest BCUT2D eigenvalue weighted by atomic mass is 19.1. The monoisotopic (exact) mass is 313 g/mol. The smallest absolute Gasteiger partial charge is 0.280 e. The molecule has 1 fully saturated rings. The lowest BCUT2D eigenvalue weighted by molar-refractivity contribution is -0.0232. The van der Waals surface area contributed by atoms with Gasteiger partial charge in [0.05, 0.1) is 18.2 Å². The summed E-state index contributed by atoms with van der Waals surface area (Å²) in [5.41, 5.74) is -1.81. The molecule has 0 saturated carbocycles. The van der Waals surface area contributed by atoms with Crippen LogP contribution in [0.15, 0.2) is 21.9 Å². The van der Waals surface area contributed by atoms with Crippen LogP contribution in [0.1, 0.15) is 11.7 Å². The Morgan fingerprint density at radius 3 is 2.73 bits per heavy atom. The van der Waals surface area contributed by atoms with Crippen LogP contribution in [0.4, 0.5) is 4.39 Å². The number of aromatic nitrogens is 3. The second kappa shape index (κ2) is 5.25. The van der Waals surface area contributed by atoms with Gasteiger partial charge in [-0.05, 0) is 0 Å². The molecule has 118 valence electrons. The molecule has 0 radical (unpaired) electrons. The van der Waals surface area contributed by atoms with E-state index in [1.807, 2.05) is 0 Å². The standard InChI is InChI=1S/C12H12FN3O6/c13-6-1-7(18)14-12-15-11(21)4(2-16(6)12)10-9(20)8(19)5(3-17)22-10/h1-2,5,8-10,17,19-20H,3H2,(H,14,15,18,21)/t5-,8?,9+,10+/m1/s1. The fraction of sp³-hybridized carbons (Fsp3) is 0.417. The molecule has 4 atom stereocenters. The van der Waals surface area contributed by atoms with Crippen molar-refractivity contribution >= 4 is 5.78 Å². The number of halogens is 1. The van der Waals surface area contributed by atoms with E-state index < -0.39 is 48.1 Å². The van der Waals surface area contributed by atoms with Crippen LogP contribution in [0, 0.1) is 5.95 Å². The lowest BCUT2D eigenvalue weighted by Crippen LogP contribution is -2.33. The van der Waals surface area contributed by atoms with E-state index in [9.17, 15) is 24.2 Å². The van der Waals surface area contributed by atoms with Gasteiger partial charge in [-0.15, -0.1) is 0 Å². The van der Waals surface area contributed by atoms with Crippen LogP contribution in [0.25, 0.3) is 5.78 Å². The Morgan fingerprint density at radius 1 is 1.36 bits per heavy atom. The molecule has 3 rings (SSSR count). The van der Waals surface area contributed by atoms with Crippen LogP contribution in [-0.4, -0.2) is 54.6 Å². The van der Waals surface area contributed by atoms with Crippen molar-refractivity contribution in [2.75, 3.05) is 6.61 Å². The molecule has 1 saturated heterocycles. The zero-order valence-corrected chi connectivity index (χ0v) is 11.0.